The van der Waals surface area contributed by atoms with Crippen LogP contribution in [0.25, 0.3) is 0 Å². The molecule has 0 aliphatic rings. The summed E-state index contributed by atoms with van der Waals surface area (Å²) in [6.45, 7) is 2.91. The summed E-state index contributed by atoms with van der Waals surface area (Å²) < 4.78 is 16.6. The third-order valence-corrected chi connectivity index (χ3v) is 4.59. The van der Waals surface area contributed by atoms with Crippen molar-refractivity contribution in [2.45, 2.75) is 13.0 Å². The summed E-state index contributed by atoms with van der Waals surface area (Å²) in [5.41, 5.74) is 2.26. The lowest BCUT2D eigenvalue weighted by atomic mass is 10.1. The summed E-state index contributed by atoms with van der Waals surface area (Å²) in [6, 6.07) is 14.0. The Morgan fingerprint density at radius 3 is 2.43 bits per heavy atom. The number of rotatable bonds is 11. The molecule has 30 heavy (non-hydrogen) atoms. The Morgan fingerprint density at radius 1 is 0.967 bits per heavy atom. The Kier molecular flexibility index (Phi) is 9.80. The van der Waals surface area contributed by atoms with Gasteiger partial charge in [0.25, 0.3) is 0 Å². The standard InChI is InChI=1S/C23H34N4O3/c1-24-23(25-13-12-18-10-11-21(28-4)22(16-18)29-5)26-17-19-8-6-7-9-20(19)30-15-14-27(2)3/h6-11,16H,12-15,17H2,1-5H3,(H2,24,25,26). The molecule has 0 aliphatic carbocycles. The predicted molar refractivity (Wildman–Crippen MR) is 122 cm³/mol. The molecule has 0 amide bonds. The normalized spacial score (nSPS) is 11.3. The van der Waals surface area contributed by atoms with Gasteiger partial charge in [-0.25, -0.2) is 0 Å². The van der Waals surface area contributed by atoms with Crippen LogP contribution in [-0.4, -0.2) is 65.9 Å². The average molecular weight is 415 g/mol. The van der Waals surface area contributed by atoms with E-state index in [-0.39, 0.29) is 0 Å². The maximum atomic E-state index is 5.93. The summed E-state index contributed by atoms with van der Waals surface area (Å²) >= 11 is 0. The monoisotopic (exact) mass is 414 g/mol. The quantitative estimate of drug-likeness (QED) is 0.435. The van der Waals surface area contributed by atoms with Crippen molar-refractivity contribution in [3.8, 4) is 17.2 Å². The zero-order valence-electron chi connectivity index (χ0n) is 18.7. The van der Waals surface area contributed by atoms with Gasteiger partial charge in [-0.1, -0.05) is 24.3 Å². The number of hydrogen-bond acceptors (Lipinski definition) is 5. The molecule has 164 valence electrons. The predicted octanol–water partition coefficient (Wildman–Crippen LogP) is 2.55. The summed E-state index contributed by atoms with van der Waals surface area (Å²) in [5.74, 6) is 3.12. The maximum absolute atomic E-state index is 5.93. The molecule has 2 rings (SSSR count). The van der Waals surface area contributed by atoms with E-state index in [0.717, 1.165) is 53.8 Å². The van der Waals surface area contributed by atoms with E-state index in [1.165, 1.54) is 0 Å². The number of nitrogens with zero attached hydrogens (tertiary/aromatic N) is 2. The van der Waals surface area contributed by atoms with Crippen LogP contribution in [0.2, 0.25) is 0 Å². The molecular formula is C23H34N4O3. The zero-order chi connectivity index (χ0) is 21.8. The van der Waals surface area contributed by atoms with Crippen LogP contribution in [0.3, 0.4) is 0 Å². The fraction of sp³-hybridized carbons (Fsp3) is 0.435. The minimum Gasteiger partial charge on any atom is -0.493 e. The highest BCUT2D eigenvalue weighted by atomic mass is 16.5. The number of nitrogens with one attached hydrogen (secondary N) is 2. The molecule has 2 N–H and O–H groups in total. The molecule has 0 atom stereocenters. The summed E-state index contributed by atoms with van der Waals surface area (Å²) in [7, 11) is 9.13. The van der Waals surface area contributed by atoms with Gasteiger partial charge in [-0.2, -0.15) is 0 Å². The van der Waals surface area contributed by atoms with Crippen molar-refractivity contribution in [1.82, 2.24) is 15.5 Å². The van der Waals surface area contributed by atoms with Crippen LogP contribution >= 0.6 is 0 Å². The summed E-state index contributed by atoms with van der Waals surface area (Å²) in [5, 5.41) is 6.71. The van der Waals surface area contributed by atoms with Crippen molar-refractivity contribution < 1.29 is 14.2 Å². The number of ether oxygens (including phenoxy) is 3. The van der Waals surface area contributed by atoms with Gasteiger partial charge in [0.2, 0.25) is 0 Å². The zero-order valence-corrected chi connectivity index (χ0v) is 18.7. The van der Waals surface area contributed by atoms with Crippen LogP contribution in [0.1, 0.15) is 11.1 Å². The van der Waals surface area contributed by atoms with E-state index in [1.807, 2.05) is 50.5 Å². The molecule has 0 bridgehead atoms. The first-order valence-electron chi connectivity index (χ1n) is 10.1. The van der Waals surface area contributed by atoms with Crippen molar-refractivity contribution in [3.05, 3.63) is 53.6 Å². The van der Waals surface area contributed by atoms with E-state index >= 15 is 0 Å². The van der Waals surface area contributed by atoms with Gasteiger partial charge in [0.15, 0.2) is 17.5 Å². The minimum absolute atomic E-state index is 0.633. The Bertz CT molecular complexity index is 809. The van der Waals surface area contributed by atoms with E-state index in [4.69, 9.17) is 14.2 Å². The van der Waals surface area contributed by atoms with Crippen molar-refractivity contribution in [3.63, 3.8) is 0 Å². The number of aliphatic imine (C=N–C) groups is 1. The fourth-order valence-electron chi connectivity index (χ4n) is 2.89. The van der Waals surface area contributed by atoms with Gasteiger partial charge in [0, 0.05) is 32.2 Å². The van der Waals surface area contributed by atoms with Crippen LogP contribution in [-0.2, 0) is 13.0 Å². The number of guanidine groups is 1. The SMILES string of the molecule is CN=C(NCCc1ccc(OC)c(OC)c1)NCc1ccccc1OCCN(C)C. The first-order valence-corrected chi connectivity index (χ1v) is 10.1. The highest BCUT2D eigenvalue weighted by Crippen LogP contribution is 2.27. The topological polar surface area (TPSA) is 67.4 Å². The molecular weight excluding hydrogens is 380 g/mol. The summed E-state index contributed by atoms with van der Waals surface area (Å²) in [4.78, 5) is 6.41. The molecule has 0 saturated heterocycles. The highest BCUT2D eigenvalue weighted by molar-refractivity contribution is 5.79. The lowest BCUT2D eigenvalue weighted by molar-refractivity contribution is 0.259. The largest absolute Gasteiger partial charge is 0.493 e. The molecule has 0 heterocycles. The van der Waals surface area contributed by atoms with Crippen LogP contribution in [0.15, 0.2) is 47.5 Å². The van der Waals surface area contributed by atoms with E-state index in [1.54, 1.807) is 21.3 Å². The van der Waals surface area contributed by atoms with Gasteiger partial charge in [-0.05, 0) is 44.3 Å². The van der Waals surface area contributed by atoms with Crippen molar-refractivity contribution in [2.24, 2.45) is 4.99 Å². The molecule has 0 saturated carbocycles. The second kappa shape index (κ2) is 12.6. The molecule has 0 radical (unpaired) electrons. The second-order valence-electron chi connectivity index (χ2n) is 7.05. The number of hydrogen-bond donors (Lipinski definition) is 2. The van der Waals surface area contributed by atoms with E-state index < -0.39 is 0 Å². The van der Waals surface area contributed by atoms with Crippen molar-refractivity contribution in [1.29, 1.82) is 0 Å². The highest BCUT2D eigenvalue weighted by Gasteiger charge is 2.07. The molecule has 7 heteroatoms. The lowest BCUT2D eigenvalue weighted by Crippen LogP contribution is -2.38. The molecule has 0 aromatic heterocycles. The van der Waals surface area contributed by atoms with Crippen LogP contribution in [0.5, 0.6) is 17.2 Å². The Labute approximate surface area is 180 Å². The van der Waals surface area contributed by atoms with Crippen LogP contribution in [0.4, 0.5) is 0 Å². The van der Waals surface area contributed by atoms with Gasteiger partial charge in [0.1, 0.15) is 12.4 Å². The van der Waals surface area contributed by atoms with E-state index in [2.05, 4.69) is 26.6 Å². The van der Waals surface area contributed by atoms with E-state index in [9.17, 15) is 0 Å². The molecule has 2 aromatic carbocycles. The summed E-state index contributed by atoms with van der Waals surface area (Å²) in [6.07, 6.45) is 0.839. The van der Waals surface area contributed by atoms with Gasteiger partial charge in [-0.3, -0.25) is 4.99 Å². The van der Waals surface area contributed by atoms with Crippen LogP contribution < -0.4 is 24.8 Å². The molecule has 0 unspecified atom stereocenters. The molecule has 0 spiro atoms. The Hall–Kier alpha value is -2.93. The van der Waals surface area contributed by atoms with Crippen molar-refractivity contribution >= 4 is 5.96 Å². The first kappa shape index (κ1) is 23.3. The Morgan fingerprint density at radius 2 is 1.73 bits per heavy atom. The number of methoxy groups -OCH3 is 2. The number of likely N-dealkylation sites (N-methyl/N-ethyl adjacent to an activating group) is 1. The van der Waals surface area contributed by atoms with Gasteiger partial charge < -0.3 is 29.7 Å². The van der Waals surface area contributed by atoms with Crippen LogP contribution in [0, 0.1) is 0 Å². The number of benzene rings is 2. The minimum atomic E-state index is 0.633. The van der Waals surface area contributed by atoms with E-state index in [0.29, 0.717) is 13.2 Å². The lowest BCUT2D eigenvalue weighted by Gasteiger charge is -2.16. The second-order valence-corrected chi connectivity index (χ2v) is 7.05. The molecule has 0 fully saturated rings. The van der Waals surface area contributed by atoms with Gasteiger partial charge in [-0.15, -0.1) is 0 Å². The average Bonchev–Trinajstić information content (AvgIpc) is 2.76. The third-order valence-electron chi connectivity index (χ3n) is 4.59. The number of para-hydroxylation sites is 1. The smallest absolute Gasteiger partial charge is 0.191 e. The fourth-order valence-corrected chi connectivity index (χ4v) is 2.89. The van der Waals surface area contributed by atoms with Gasteiger partial charge in [0.05, 0.1) is 14.2 Å². The van der Waals surface area contributed by atoms with Crippen molar-refractivity contribution in [2.75, 3.05) is 55.1 Å². The molecule has 0 aliphatic heterocycles. The third kappa shape index (κ3) is 7.48. The molecule has 7 nitrogen and oxygen atoms in total. The Balaban J connectivity index is 1.84. The maximum Gasteiger partial charge on any atom is 0.191 e. The molecule has 2 aromatic rings. The first-order chi connectivity index (χ1) is 14.6. The van der Waals surface area contributed by atoms with Gasteiger partial charge >= 0.3 is 0 Å².